The number of nitrogens with zero attached hydrogens (tertiary/aromatic N) is 2. The third-order valence-corrected chi connectivity index (χ3v) is 9.29. The molecule has 56 heavy (non-hydrogen) atoms. The van der Waals surface area contributed by atoms with E-state index < -0.39 is 71.8 Å². The minimum Gasteiger partial charge on any atom is -0.497 e. The van der Waals surface area contributed by atoms with Gasteiger partial charge in [0.05, 0.1) is 49.8 Å². The first-order chi connectivity index (χ1) is 26.7. The first-order valence-electron chi connectivity index (χ1n) is 16.6. The first kappa shape index (κ1) is 41.8. The van der Waals surface area contributed by atoms with Crippen LogP contribution in [0.4, 0.5) is 35.1 Å². The molecule has 294 valence electrons. The van der Waals surface area contributed by atoms with Gasteiger partial charge in [-0.25, -0.2) is 35.1 Å². The van der Waals surface area contributed by atoms with Gasteiger partial charge in [0.2, 0.25) is 5.91 Å². The molecule has 1 aliphatic rings. The number of carbonyl (C=O) groups is 1. The minimum atomic E-state index is -2.91. The van der Waals surface area contributed by atoms with E-state index in [1.807, 2.05) is 0 Å². The number of methoxy groups -OCH3 is 2. The molecule has 0 N–H and O–H groups in total. The van der Waals surface area contributed by atoms with Crippen molar-refractivity contribution in [1.29, 1.82) is 0 Å². The summed E-state index contributed by atoms with van der Waals surface area (Å²) in [5, 5.41) is 0.442. The molecule has 0 aliphatic carbocycles. The maximum atomic E-state index is 14.6. The van der Waals surface area contributed by atoms with Crippen molar-refractivity contribution in [3.63, 3.8) is 0 Å². The summed E-state index contributed by atoms with van der Waals surface area (Å²) < 4.78 is 122. The highest BCUT2D eigenvalue weighted by molar-refractivity contribution is 6.33. The van der Waals surface area contributed by atoms with Crippen molar-refractivity contribution in [2.75, 3.05) is 20.8 Å². The van der Waals surface area contributed by atoms with Crippen LogP contribution < -0.4 is 15.0 Å². The third-order valence-electron chi connectivity index (χ3n) is 8.63. The van der Waals surface area contributed by atoms with E-state index >= 15 is 0 Å². The molecular weight excluding hydrogens is 795 g/mol. The zero-order chi connectivity index (χ0) is 40.8. The summed E-state index contributed by atoms with van der Waals surface area (Å²) in [6, 6.07) is 17.9. The Hall–Kier alpha value is -5.34. The number of rotatable bonds is 10. The minimum absolute atomic E-state index is 0.0881. The predicted molar refractivity (Wildman–Crippen MR) is 197 cm³/mol. The molecule has 16 heteroatoms. The van der Waals surface area contributed by atoms with Crippen LogP contribution in [0.25, 0.3) is 33.7 Å². The lowest BCUT2D eigenvalue weighted by Gasteiger charge is -2.33. The van der Waals surface area contributed by atoms with E-state index in [0.717, 1.165) is 47.4 Å². The van der Waals surface area contributed by atoms with Crippen molar-refractivity contribution in [3.05, 3.63) is 140 Å². The molecule has 0 fully saturated rings. The van der Waals surface area contributed by atoms with Crippen molar-refractivity contribution in [1.82, 2.24) is 9.47 Å². The van der Waals surface area contributed by atoms with Crippen LogP contribution in [-0.2, 0) is 11.3 Å². The van der Waals surface area contributed by atoms with Gasteiger partial charge in [-0.3, -0.25) is 9.59 Å². The third kappa shape index (κ3) is 9.03. The Balaban J connectivity index is 0.000000214. The lowest BCUT2D eigenvalue weighted by molar-refractivity contribution is -0.129. The van der Waals surface area contributed by atoms with Gasteiger partial charge < -0.3 is 18.9 Å². The Bertz CT molecular complexity index is 2310. The molecule has 0 bridgehead atoms. The number of pyridine rings is 1. The maximum Gasteiger partial charge on any atom is 0.256 e. The van der Waals surface area contributed by atoms with Gasteiger partial charge in [-0.1, -0.05) is 35.3 Å². The van der Waals surface area contributed by atoms with Gasteiger partial charge in [-0.15, -0.1) is 0 Å². The molecule has 0 saturated heterocycles. The molecule has 0 saturated carbocycles. The van der Waals surface area contributed by atoms with Crippen LogP contribution in [0.1, 0.15) is 24.0 Å². The van der Waals surface area contributed by atoms with Gasteiger partial charge >= 0.3 is 0 Å². The maximum absolute atomic E-state index is 14.6. The average Bonchev–Trinajstić information content (AvgIpc) is 3.15. The largest absolute Gasteiger partial charge is 0.497 e. The monoisotopic (exact) mass is 824 g/mol. The molecule has 1 amide bonds. The van der Waals surface area contributed by atoms with Crippen LogP contribution >= 0.6 is 23.2 Å². The van der Waals surface area contributed by atoms with Crippen LogP contribution in [-0.4, -0.2) is 49.0 Å². The van der Waals surface area contributed by atoms with Gasteiger partial charge in [0.25, 0.3) is 18.4 Å². The molecule has 2 heterocycles. The fourth-order valence-electron chi connectivity index (χ4n) is 6.19. The number of alkyl halides is 4. The number of allylic oxidation sites excluding steroid dienone is 1. The van der Waals surface area contributed by atoms with Crippen molar-refractivity contribution >= 4 is 40.4 Å². The number of ether oxygens (including phenoxy) is 2. The van der Waals surface area contributed by atoms with Crippen molar-refractivity contribution in [2.45, 2.75) is 32.2 Å². The van der Waals surface area contributed by atoms with Gasteiger partial charge in [-0.2, -0.15) is 0 Å². The second-order valence-electron chi connectivity index (χ2n) is 12.0. The highest BCUT2D eigenvalue weighted by Crippen LogP contribution is 2.43. The Morgan fingerprint density at radius 3 is 1.64 bits per heavy atom. The normalized spacial score (nSPS) is 13.0. The van der Waals surface area contributed by atoms with Gasteiger partial charge in [0.15, 0.2) is 0 Å². The Kier molecular flexibility index (Phi) is 13.5. The number of hydrogen-bond acceptors (Lipinski definition) is 4. The zero-order valence-corrected chi connectivity index (χ0v) is 30.9. The summed E-state index contributed by atoms with van der Waals surface area (Å²) in [5.74, 6) is -3.71. The summed E-state index contributed by atoms with van der Waals surface area (Å²) in [7, 11) is 2.86. The molecule has 5 aromatic rings. The van der Waals surface area contributed by atoms with Crippen molar-refractivity contribution in [2.24, 2.45) is 0 Å². The quantitative estimate of drug-likeness (QED) is 0.132. The van der Waals surface area contributed by atoms with E-state index in [9.17, 15) is 44.7 Å². The second kappa shape index (κ2) is 18.1. The molecule has 0 spiro atoms. The summed E-state index contributed by atoms with van der Waals surface area (Å²) in [6.45, 7) is -2.01. The molecule has 0 atom stereocenters. The number of hydrogen-bond donors (Lipinski definition) is 0. The molecule has 1 aliphatic heterocycles. The lowest BCUT2D eigenvalue weighted by atomic mass is 9.90. The standard InChI is InChI=1S/C20H16ClF4NO2.C20H14ClF4NO2/c2*1-28-11-5-7-14(21)13(9-11)12-6-8-18(27)26(10-17(24)25)20(12)19-15(22)3-2-4-16(19)23/h2-5,7,9,17H,6,8,10H2,1H3;2-9,17H,10H2,1H3. The zero-order valence-electron chi connectivity index (χ0n) is 29.4. The molecular formula is C40H30Cl2F8N2O4. The number of aromatic nitrogens is 1. The van der Waals surface area contributed by atoms with Crippen LogP contribution in [0, 0.1) is 23.3 Å². The second-order valence-corrected chi connectivity index (χ2v) is 12.9. The van der Waals surface area contributed by atoms with Gasteiger partial charge in [0, 0.05) is 39.2 Å². The number of benzene rings is 4. The summed E-state index contributed by atoms with van der Waals surface area (Å²) in [6.07, 6.45) is -5.79. The highest BCUT2D eigenvalue weighted by atomic mass is 35.5. The molecule has 0 radical (unpaired) electrons. The first-order valence-corrected chi connectivity index (χ1v) is 17.3. The predicted octanol–water partition coefficient (Wildman–Crippen LogP) is 10.8. The fraction of sp³-hybridized carbons (Fsp3) is 0.200. The van der Waals surface area contributed by atoms with E-state index in [1.165, 1.54) is 38.5 Å². The Labute approximate surface area is 325 Å². The molecule has 6 rings (SSSR count). The van der Waals surface area contributed by atoms with Crippen molar-refractivity contribution in [3.8, 4) is 33.9 Å². The smallest absolute Gasteiger partial charge is 0.256 e. The van der Waals surface area contributed by atoms with E-state index in [0.29, 0.717) is 27.2 Å². The summed E-state index contributed by atoms with van der Waals surface area (Å²) in [4.78, 5) is 25.4. The van der Waals surface area contributed by atoms with Gasteiger partial charge in [-0.05, 0) is 78.7 Å². The number of carbonyl (C=O) groups excluding carboxylic acids is 1. The molecule has 0 unspecified atom stereocenters. The van der Waals surface area contributed by atoms with E-state index in [2.05, 4.69) is 0 Å². The number of halogens is 10. The molecule has 6 nitrogen and oxygen atoms in total. The van der Waals surface area contributed by atoms with Gasteiger partial charge in [0.1, 0.15) is 34.8 Å². The SMILES string of the molecule is COc1ccc(Cl)c(-c2ccc(=O)n(CC(F)F)c2-c2c(F)cccc2F)c1.COc1ccc(Cl)c(C2=C(c3c(F)cccc3F)N(CC(F)F)C(=O)CC2)c1. The van der Waals surface area contributed by atoms with Crippen molar-refractivity contribution < 1.29 is 49.4 Å². The summed E-state index contributed by atoms with van der Waals surface area (Å²) in [5.41, 5.74) is -1.44. The highest BCUT2D eigenvalue weighted by Gasteiger charge is 2.34. The topological polar surface area (TPSA) is 60.8 Å². The van der Waals surface area contributed by atoms with E-state index in [-0.39, 0.29) is 45.4 Å². The van der Waals surface area contributed by atoms with E-state index in [1.54, 1.807) is 18.2 Å². The number of amides is 1. The summed E-state index contributed by atoms with van der Waals surface area (Å²) >= 11 is 12.5. The average molecular weight is 826 g/mol. The lowest BCUT2D eigenvalue weighted by Crippen LogP contribution is -2.37. The Morgan fingerprint density at radius 1 is 0.625 bits per heavy atom. The van der Waals surface area contributed by atoms with E-state index in [4.69, 9.17) is 32.7 Å². The fourth-order valence-corrected chi connectivity index (χ4v) is 6.64. The van der Waals surface area contributed by atoms with Crippen LogP contribution in [0.2, 0.25) is 10.0 Å². The molecule has 1 aromatic heterocycles. The van der Waals surface area contributed by atoms with Crippen LogP contribution in [0.3, 0.4) is 0 Å². The van der Waals surface area contributed by atoms with Crippen LogP contribution in [0.5, 0.6) is 11.5 Å². The molecule has 4 aromatic carbocycles. The Morgan fingerprint density at radius 2 is 1.12 bits per heavy atom. The van der Waals surface area contributed by atoms with Crippen LogP contribution in [0.15, 0.2) is 89.7 Å².